The number of hydrogen-bond acceptors (Lipinski definition) is 4. The van der Waals surface area contributed by atoms with E-state index in [2.05, 4.69) is 23.8 Å². The van der Waals surface area contributed by atoms with Crippen molar-refractivity contribution in [3.63, 3.8) is 0 Å². The maximum Gasteiger partial charge on any atom is 0.330 e. The highest BCUT2D eigenvalue weighted by Crippen LogP contribution is 2.35. The van der Waals surface area contributed by atoms with Crippen molar-refractivity contribution in [1.82, 2.24) is 19.4 Å². The lowest BCUT2D eigenvalue weighted by molar-refractivity contribution is 0.0134. The van der Waals surface area contributed by atoms with Crippen LogP contribution in [0.25, 0.3) is 11.0 Å². The van der Waals surface area contributed by atoms with Crippen LogP contribution < -0.4 is 11.2 Å². The van der Waals surface area contributed by atoms with Crippen molar-refractivity contribution in [1.29, 1.82) is 0 Å². The first-order chi connectivity index (χ1) is 11.4. The summed E-state index contributed by atoms with van der Waals surface area (Å²) in [4.78, 5) is 45.1. The second-order valence-corrected chi connectivity index (χ2v) is 7.28. The molecule has 1 saturated carbocycles. The number of carbonyl (C=O) groups excluding carboxylic acids is 1. The Morgan fingerprint density at radius 2 is 2.08 bits per heavy atom. The van der Waals surface area contributed by atoms with Crippen molar-refractivity contribution in [2.45, 2.75) is 39.2 Å². The molecule has 24 heavy (non-hydrogen) atoms. The number of likely N-dealkylation sites (tertiary alicyclic amines) is 1. The number of fused-ring (bicyclic) bond motifs is 1. The molecule has 0 spiro atoms. The van der Waals surface area contributed by atoms with Gasteiger partial charge < -0.3 is 4.90 Å². The summed E-state index contributed by atoms with van der Waals surface area (Å²) in [5.41, 5.74) is 0.0279. The van der Waals surface area contributed by atoms with Crippen LogP contribution in [-0.4, -0.2) is 38.4 Å². The molecule has 7 heteroatoms. The highest BCUT2D eigenvalue weighted by Gasteiger charge is 2.40. The van der Waals surface area contributed by atoms with Gasteiger partial charge in [0.1, 0.15) is 5.65 Å². The normalized spacial score (nSPS) is 19.3. The SMILES string of the molecule is CCC1(C)CN(C(=O)c2cnc3c(c2)c(=O)[nH]c(=O)n3C2CC2)C1. The summed E-state index contributed by atoms with van der Waals surface area (Å²) in [5, 5.41) is 0.297. The zero-order valence-corrected chi connectivity index (χ0v) is 13.8. The van der Waals surface area contributed by atoms with E-state index < -0.39 is 11.2 Å². The minimum atomic E-state index is -0.490. The Balaban J connectivity index is 1.73. The number of aromatic amines is 1. The minimum absolute atomic E-state index is 0.103. The highest BCUT2D eigenvalue weighted by atomic mass is 16.2. The Kier molecular flexibility index (Phi) is 3.16. The Hall–Kier alpha value is -2.44. The van der Waals surface area contributed by atoms with Gasteiger partial charge >= 0.3 is 5.69 Å². The third-order valence-corrected chi connectivity index (χ3v) is 5.22. The summed E-state index contributed by atoms with van der Waals surface area (Å²) in [6.45, 7) is 5.72. The summed E-state index contributed by atoms with van der Waals surface area (Å²) in [6.07, 6.45) is 4.32. The first-order valence-corrected chi connectivity index (χ1v) is 8.36. The number of nitrogens with one attached hydrogen (secondary N) is 1. The Morgan fingerprint density at radius 1 is 1.38 bits per heavy atom. The highest BCUT2D eigenvalue weighted by molar-refractivity contribution is 5.97. The van der Waals surface area contributed by atoms with Gasteiger partial charge in [-0.2, -0.15) is 0 Å². The fraction of sp³-hybridized carbons (Fsp3) is 0.529. The Labute approximate surface area is 138 Å². The van der Waals surface area contributed by atoms with E-state index in [0.717, 1.165) is 32.4 Å². The molecule has 0 radical (unpaired) electrons. The molecule has 2 aliphatic rings. The van der Waals surface area contributed by atoms with Gasteiger partial charge in [-0.25, -0.2) is 9.78 Å². The molecule has 0 atom stereocenters. The van der Waals surface area contributed by atoms with Gasteiger partial charge in [0.15, 0.2) is 0 Å². The smallest absolute Gasteiger partial charge is 0.330 e. The number of nitrogens with zero attached hydrogens (tertiary/aromatic N) is 3. The third-order valence-electron chi connectivity index (χ3n) is 5.22. The van der Waals surface area contributed by atoms with Gasteiger partial charge in [0.2, 0.25) is 0 Å². The second kappa shape index (κ2) is 5.03. The van der Waals surface area contributed by atoms with Gasteiger partial charge in [0, 0.05) is 30.7 Å². The van der Waals surface area contributed by atoms with Gasteiger partial charge in [0.05, 0.1) is 10.9 Å². The summed E-state index contributed by atoms with van der Waals surface area (Å²) >= 11 is 0. The molecular formula is C17H20N4O3. The summed E-state index contributed by atoms with van der Waals surface area (Å²) in [5.74, 6) is -0.112. The average Bonchev–Trinajstić information content (AvgIpc) is 3.35. The minimum Gasteiger partial charge on any atom is -0.337 e. The summed E-state index contributed by atoms with van der Waals surface area (Å²) in [6, 6.07) is 1.66. The quantitative estimate of drug-likeness (QED) is 0.919. The van der Waals surface area contributed by atoms with E-state index in [9.17, 15) is 14.4 Å². The van der Waals surface area contributed by atoms with Crippen molar-refractivity contribution >= 4 is 16.9 Å². The fourth-order valence-corrected chi connectivity index (χ4v) is 3.35. The first-order valence-electron chi connectivity index (χ1n) is 8.36. The molecule has 1 saturated heterocycles. The number of rotatable bonds is 3. The van der Waals surface area contributed by atoms with E-state index in [-0.39, 0.29) is 17.4 Å². The predicted molar refractivity (Wildman–Crippen MR) is 89.2 cm³/mol. The lowest BCUT2D eigenvalue weighted by atomic mass is 9.79. The molecular weight excluding hydrogens is 308 g/mol. The number of aromatic nitrogens is 3. The molecule has 4 rings (SSSR count). The van der Waals surface area contributed by atoms with Crippen LogP contribution in [0.3, 0.4) is 0 Å². The number of pyridine rings is 1. The number of amides is 1. The molecule has 1 amide bonds. The molecule has 2 fully saturated rings. The molecule has 1 N–H and O–H groups in total. The topological polar surface area (TPSA) is 88.1 Å². The molecule has 1 aliphatic heterocycles. The van der Waals surface area contributed by atoms with E-state index in [1.807, 2.05) is 0 Å². The van der Waals surface area contributed by atoms with Gasteiger partial charge in [-0.05, 0) is 25.3 Å². The molecule has 126 valence electrons. The van der Waals surface area contributed by atoms with E-state index >= 15 is 0 Å². The molecule has 0 bridgehead atoms. The van der Waals surface area contributed by atoms with Crippen molar-refractivity contribution in [2.75, 3.05) is 13.1 Å². The van der Waals surface area contributed by atoms with Crippen molar-refractivity contribution < 1.29 is 4.79 Å². The predicted octanol–water partition coefficient (Wildman–Crippen LogP) is 1.29. The largest absolute Gasteiger partial charge is 0.337 e. The average molecular weight is 328 g/mol. The standard InChI is InChI=1S/C17H20N4O3/c1-3-17(2)8-20(9-17)15(23)10-6-12-13(18-7-10)21(11-4-5-11)16(24)19-14(12)22/h6-7,11H,3-5,8-9H2,1-2H3,(H,19,22,24). The fourth-order valence-electron chi connectivity index (χ4n) is 3.35. The molecule has 7 nitrogen and oxygen atoms in total. The van der Waals surface area contributed by atoms with Crippen LogP contribution in [-0.2, 0) is 0 Å². The molecule has 0 aromatic carbocycles. The summed E-state index contributed by atoms with van der Waals surface area (Å²) < 4.78 is 1.53. The van der Waals surface area contributed by atoms with E-state index in [1.54, 1.807) is 11.0 Å². The van der Waals surface area contributed by atoms with Crippen LogP contribution in [0, 0.1) is 5.41 Å². The molecule has 3 heterocycles. The van der Waals surface area contributed by atoms with E-state index in [1.165, 1.54) is 10.8 Å². The van der Waals surface area contributed by atoms with Gasteiger partial charge in [-0.15, -0.1) is 0 Å². The first kappa shape index (κ1) is 15.1. The Bertz CT molecular complexity index is 948. The third kappa shape index (κ3) is 2.26. The molecule has 1 aliphatic carbocycles. The van der Waals surface area contributed by atoms with Crippen LogP contribution >= 0.6 is 0 Å². The number of carbonyl (C=O) groups is 1. The number of H-pyrrole nitrogens is 1. The van der Waals surface area contributed by atoms with Crippen molar-refractivity contribution in [3.05, 3.63) is 38.7 Å². The molecule has 2 aromatic rings. The van der Waals surface area contributed by atoms with Crippen LogP contribution in [0.2, 0.25) is 0 Å². The monoisotopic (exact) mass is 328 g/mol. The van der Waals surface area contributed by atoms with Gasteiger partial charge in [-0.1, -0.05) is 13.8 Å². The van der Waals surface area contributed by atoms with Crippen LogP contribution in [0.1, 0.15) is 49.5 Å². The molecule has 2 aromatic heterocycles. The maximum atomic E-state index is 12.6. The zero-order valence-electron chi connectivity index (χ0n) is 13.8. The van der Waals surface area contributed by atoms with Crippen molar-refractivity contribution in [2.24, 2.45) is 5.41 Å². The van der Waals surface area contributed by atoms with Gasteiger partial charge in [0.25, 0.3) is 11.5 Å². The van der Waals surface area contributed by atoms with E-state index in [0.29, 0.717) is 16.6 Å². The van der Waals surface area contributed by atoms with Crippen molar-refractivity contribution in [3.8, 4) is 0 Å². The lowest BCUT2D eigenvalue weighted by Gasteiger charge is -2.47. The summed E-state index contributed by atoms with van der Waals surface area (Å²) in [7, 11) is 0. The lowest BCUT2D eigenvalue weighted by Crippen LogP contribution is -2.56. The second-order valence-electron chi connectivity index (χ2n) is 7.28. The van der Waals surface area contributed by atoms with Crippen LogP contribution in [0.5, 0.6) is 0 Å². The molecule has 0 unspecified atom stereocenters. The van der Waals surface area contributed by atoms with Gasteiger partial charge in [-0.3, -0.25) is 19.1 Å². The van der Waals surface area contributed by atoms with Crippen LogP contribution in [0.4, 0.5) is 0 Å². The maximum absolute atomic E-state index is 12.6. The van der Waals surface area contributed by atoms with Crippen LogP contribution in [0.15, 0.2) is 21.9 Å². The van der Waals surface area contributed by atoms with E-state index in [4.69, 9.17) is 0 Å². The zero-order chi connectivity index (χ0) is 17.1. The number of hydrogen-bond donors (Lipinski definition) is 1. The Morgan fingerprint density at radius 3 is 2.71 bits per heavy atom.